The molecule has 1 aromatic heterocycles. The number of anilines is 1. The fourth-order valence-electron chi connectivity index (χ4n) is 1.74. The largest absolute Gasteiger partial charge is 0.396 e. The summed E-state index contributed by atoms with van der Waals surface area (Å²) in [6, 6.07) is 4.05. The van der Waals surface area contributed by atoms with Crippen LogP contribution in [0.15, 0.2) is 29.3 Å². The second-order valence-electron chi connectivity index (χ2n) is 4.41. The summed E-state index contributed by atoms with van der Waals surface area (Å²) in [5.41, 5.74) is 6.16. The molecule has 0 saturated carbocycles. The standard InChI is InChI=1S/C12H15FN4O2S/c1-8-5-10(6-11(14)12(8)13)20(18,19)16-7-9-3-4-15-17(9)2/h3-6,16H,7,14H2,1-2H3. The van der Waals surface area contributed by atoms with Crippen molar-refractivity contribution in [1.29, 1.82) is 0 Å². The van der Waals surface area contributed by atoms with E-state index in [0.29, 0.717) is 5.69 Å². The fraction of sp³-hybridized carbons (Fsp3) is 0.250. The van der Waals surface area contributed by atoms with Crippen LogP contribution >= 0.6 is 0 Å². The Morgan fingerprint density at radius 1 is 1.45 bits per heavy atom. The van der Waals surface area contributed by atoms with E-state index in [9.17, 15) is 12.8 Å². The van der Waals surface area contributed by atoms with Gasteiger partial charge >= 0.3 is 0 Å². The highest BCUT2D eigenvalue weighted by Crippen LogP contribution is 2.20. The van der Waals surface area contributed by atoms with Crippen molar-refractivity contribution in [3.05, 3.63) is 41.5 Å². The number of hydrogen-bond donors (Lipinski definition) is 2. The van der Waals surface area contributed by atoms with Crippen LogP contribution in [0, 0.1) is 12.7 Å². The lowest BCUT2D eigenvalue weighted by Gasteiger charge is -2.09. The van der Waals surface area contributed by atoms with Gasteiger partial charge in [-0.3, -0.25) is 4.68 Å². The van der Waals surface area contributed by atoms with Crippen LogP contribution in [0.2, 0.25) is 0 Å². The molecule has 0 radical (unpaired) electrons. The predicted octanol–water partition coefficient (Wildman–Crippen LogP) is 0.928. The van der Waals surface area contributed by atoms with Gasteiger partial charge in [0.25, 0.3) is 0 Å². The van der Waals surface area contributed by atoms with Gasteiger partial charge < -0.3 is 5.73 Å². The average Bonchev–Trinajstić information content (AvgIpc) is 2.78. The highest BCUT2D eigenvalue weighted by atomic mass is 32.2. The third-order valence-electron chi connectivity index (χ3n) is 2.93. The van der Waals surface area contributed by atoms with E-state index in [0.717, 1.165) is 6.07 Å². The molecule has 0 bridgehead atoms. The molecule has 1 heterocycles. The Morgan fingerprint density at radius 2 is 2.15 bits per heavy atom. The highest BCUT2D eigenvalue weighted by molar-refractivity contribution is 7.89. The zero-order valence-electron chi connectivity index (χ0n) is 11.1. The van der Waals surface area contributed by atoms with E-state index in [4.69, 9.17) is 5.73 Å². The summed E-state index contributed by atoms with van der Waals surface area (Å²) in [6.45, 7) is 1.56. The van der Waals surface area contributed by atoms with Crippen LogP contribution in [-0.2, 0) is 23.6 Å². The van der Waals surface area contributed by atoms with Crippen molar-refractivity contribution in [3.8, 4) is 0 Å². The van der Waals surface area contributed by atoms with Crippen molar-refractivity contribution in [2.75, 3.05) is 5.73 Å². The van der Waals surface area contributed by atoms with Crippen molar-refractivity contribution < 1.29 is 12.8 Å². The molecule has 0 unspecified atom stereocenters. The number of nitrogens with one attached hydrogen (secondary N) is 1. The highest BCUT2D eigenvalue weighted by Gasteiger charge is 2.17. The third-order valence-corrected chi connectivity index (χ3v) is 4.31. The molecule has 8 heteroatoms. The zero-order valence-corrected chi connectivity index (χ0v) is 11.9. The molecule has 2 rings (SSSR count). The van der Waals surface area contributed by atoms with Crippen molar-refractivity contribution in [1.82, 2.24) is 14.5 Å². The van der Waals surface area contributed by atoms with Crippen molar-refractivity contribution >= 4 is 15.7 Å². The monoisotopic (exact) mass is 298 g/mol. The van der Waals surface area contributed by atoms with Crippen LogP contribution in [-0.4, -0.2) is 18.2 Å². The Bertz CT molecular complexity index is 717. The van der Waals surface area contributed by atoms with Gasteiger partial charge in [0.15, 0.2) is 0 Å². The van der Waals surface area contributed by atoms with Gasteiger partial charge in [0.1, 0.15) is 5.82 Å². The van der Waals surface area contributed by atoms with Crippen molar-refractivity contribution in [3.63, 3.8) is 0 Å². The third kappa shape index (κ3) is 2.81. The predicted molar refractivity (Wildman–Crippen MR) is 72.8 cm³/mol. The number of benzene rings is 1. The molecule has 0 saturated heterocycles. The minimum absolute atomic E-state index is 0.0592. The topological polar surface area (TPSA) is 90.0 Å². The number of aryl methyl sites for hydroxylation is 2. The smallest absolute Gasteiger partial charge is 0.241 e. The number of nitrogen functional groups attached to an aromatic ring is 1. The molecule has 0 atom stereocenters. The molecular formula is C12H15FN4O2S. The summed E-state index contributed by atoms with van der Waals surface area (Å²) < 4.78 is 41.7. The molecule has 0 aliphatic rings. The molecule has 108 valence electrons. The second-order valence-corrected chi connectivity index (χ2v) is 6.18. The van der Waals surface area contributed by atoms with Gasteiger partial charge in [-0.25, -0.2) is 17.5 Å². The quantitative estimate of drug-likeness (QED) is 0.822. The van der Waals surface area contributed by atoms with Gasteiger partial charge in [0.2, 0.25) is 10.0 Å². The Morgan fingerprint density at radius 3 is 2.70 bits per heavy atom. The van der Waals surface area contributed by atoms with Crippen molar-refractivity contribution in [2.24, 2.45) is 7.05 Å². The van der Waals surface area contributed by atoms with Crippen LogP contribution in [0.4, 0.5) is 10.1 Å². The Labute approximate surface area is 116 Å². The van der Waals surface area contributed by atoms with Gasteiger partial charge in [-0.05, 0) is 30.7 Å². The lowest BCUT2D eigenvalue weighted by atomic mass is 10.2. The minimum Gasteiger partial charge on any atom is -0.396 e. The molecule has 0 aliphatic carbocycles. The lowest BCUT2D eigenvalue weighted by molar-refractivity contribution is 0.576. The SMILES string of the molecule is Cc1cc(S(=O)(=O)NCc2ccnn2C)cc(N)c1F. The molecule has 0 spiro atoms. The van der Waals surface area contributed by atoms with E-state index in [1.54, 1.807) is 24.0 Å². The minimum atomic E-state index is -3.75. The maximum Gasteiger partial charge on any atom is 0.241 e. The first-order valence-corrected chi connectivity index (χ1v) is 7.32. The number of hydrogen-bond acceptors (Lipinski definition) is 4. The second kappa shape index (κ2) is 5.22. The van der Waals surface area contributed by atoms with Crippen LogP contribution < -0.4 is 10.5 Å². The molecule has 0 aliphatic heterocycles. The first-order chi connectivity index (χ1) is 9.31. The van der Waals surface area contributed by atoms with Crippen LogP contribution in [0.25, 0.3) is 0 Å². The summed E-state index contributed by atoms with van der Waals surface area (Å²) in [5, 5.41) is 3.94. The number of nitrogens with zero attached hydrogens (tertiary/aromatic N) is 2. The van der Waals surface area contributed by atoms with Gasteiger partial charge in [-0.15, -0.1) is 0 Å². The van der Waals surface area contributed by atoms with Crippen LogP contribution in [0.3, 0.4) is 0 Å². The number of nitrogens with two attached hydrogens (primary N) is 1. The normalized spacial score (nSPS) is 11.8. The maximum absolute atomic E-state index is 13.4. The summed E-state index contributed by atoms with van der Waals surface area (Å²) in [6.07, 6.45) is 1.57. The number of sulfonamides is 1. The van der Waals surface area contributed by atoms with E-state index in [1.165, 1.54) is 13.0 Å². The van der Waals surface area contributed by atoms with Gasteiger partial charge in [0, 0.05) is 13.2 Å². The van der Waals surface area contributed by atoms with Crippen LogP contribution in [0.1, 0.15) is 11.3 Å². The molecule has 0 amide bonds. The molecule has 2 aromatic rings. The van der Waals surface area contributed by atoms with E-state index in [2.05, 4.69) is 9.82 Å². The molecular weight excluding hydrogens is 283 g/mol. The average molecular weight is 298 g/mol. The molecule has 0 fully saturated rings. The Balaban J connectivity index is 2.25. The van der Waals surface area contributed by atoms with Gasteiger partial charge in [0.05, 0.1) is 22.8 Å². The van der Waals surface area contributed by atoms with E-state index in [-0.39, 0.29) is 22.7 Å². The van der Waals surface area contributed by atoms with E-state index in [1.807, 2.05) is 0 Å². The summed E-state index contributed by atoms with van der Waals surface area (Å²) >= 11 is 0. The number of aromatic nitrogens is 2. The van der Waals surface area contributed by atoms with Gasteiger partial charge in [-0.1, -0.05) is 0 Å². The Hall–Kier alpha value is -1.93. The Kier molecular flexibility index (Phi) is 3.78. The molecule has 1 aromatic carbocycles. The molecule has 6 nitrogen and oxygen atoms in total. The maximum atomic E-state index is 13.4. The summed E-state index contributed by atoms with van der Waals surface area (Å²) in [4.78, 5) is -0.0592. The summed E-state index contributed by atoms with van der Waals surface area (Å²) in [7, 11) is -2.04. The van der Waals surface area contributed by atoms with E-state index < -0.39 is 15.8 Å². The first kappa shape index (κ1) is 14.5. The molecule has 20 heavy (non-hydrogen) atoms. The van der Waals surface area contributed by atoms with Gasteiger partial charge in [-0.2, -0.15) is 5.10 Å². The number of rotatable bonds is 4. The zero-order chi connectivity index (χ0) is 14.9. The van der Waals surface area contributed by atoms with E-state index >= 15 is 0 Å². The lowest BCUT2D eigenvalue weighted by Crippen LogP contribution is -2.24. The van der Waals surface area contributed by atoms with Crippen molar-refractivity contribution in [2.45, 2.75) is 18.4 Å². The molecule has 3 N–H and O–H groups in total. The first-order valence-electron chi connectivity index (χ1n) is 5.83. The fourth-order valence-corrected chi connectivity index (χ4v) is 2.86. The summed E-state index contributed by atoms with van der Waals surface area (Å²) in [5.74, 6) is -0.601. The number of halogens is 1. The van der Waals surface area contributed by atoms with Crippen LogP contribution in [0.5, 0.6) is 0 Å².